The Kier molecular flexibility index (Phi) is 6.64. The number of amides is 1. The molecule has 0 radical (unpaired) electrons. The molecule has 3 aromatic rings. The van der Waals surface area contributed by atoms with Crippen molar-refractivity contribution in [3.8, 4) is 5.75 Å². The molecule has 30 heavy (non-hydrogen) atoms. The molecule has 0 aliphatic carbocycles. The van der Waals surface area contributed by atoms with Crippen molar-refractivity contribution in [1.29, 1.82) is 0 Å². The maximum atomic E-state index is 12.8. The fraction of sp³-hybridized carbons (Fsp3) is 0.136. The molecular weight excluding hydrogens is 424 g/mol. The molecule has 0 aromatic heterocycles. The van der Waals surface area contributed by atoms with Crippen LogP contribution in [0.1, 0.15) is 5.56 Å². The Morgan fingerprint density at radius 2 is 1.63 bits per heavy atom. The first-order chi connectivity index (χ1) is 14.3. The number of para-hydroxylation sites is 1. The lowest BCUT2D eigenvalue weighted by atomic mass is 10.2. The van der Waals surface area contributed by atoms with Crippen LogP contribution in [-0.2, 0) is 14.8 Å². The van der Waals surface area contributed by atoms with E-state index in [9.17, 15) is 13.2 Å². The number of carbonyl (C=O) groups is 1. The first kappa shape index (κ1) is 21.7. The van der Waals surface area contributed by atoms with E-state index in [1.165, 1.54) is 11.4 Å². The van der Waals surface area contributed by atoms with Crippen LogP contribution in [0, 0.1) is 6.92 Å². The first-order valence-electron chi connectivity index (χ1n) is 9.10. The summed E-state index contributed by atoms with van der Waals surface area (Å²) in [6.07, 6.45) is 0. The van der Waals surface area contributed by atoms with Crippen molar-refractivity contribution in [2.45, 2.75) is 11.8 Å². The van der Waals surface area contributed by atoms with E-state index in [2.05, 4.69) is 5.32 Å². The smallest absolute Gasteiger partial charge is 0.264 e. The van der Waals surface area contributed by atoms with Crippen LogP contribution in [0.15, 0.2) is 77.7 Å². The van der Waals surface area contributed by atoms with Crippen molar-refractivity contribution >= 4 is 38.9 Å². The lowest BCUT2D eigenvalue weighted by molar-refractivity contribution is -0.118. The number of sulfonamides is 1. The van der Waals surface area contributed by atoms with E-state index >= 15 is 0 Å². The minimum absolute atomic E-state index is 0.206. The van der Waals surface area contributed by atoms with Crippen LogP contribution in [0.25, 0.3) is 0 Å². The monoisotopic (exact) mass is 444 g/mol. The van der Waals surface area contributed by atoms with Crippen molar-refractivity contribution in [2.24, 2.45) is 0 Å². The Morgan fingerprint density at radius 3 is 2.27 bits per heavy atom. The van der Waals surface area contributed by atoms with E-state index in [4.69, 9.17) is 16.3 Å². The minimum atomic E-state index is -3.67. The van der Waals surface area contributed by atoms with Crippen LogP contribution in [0.3, 0.4) is 0 Å². The van der Waals surface area contributed by atoms with Gasteiger partial charge in [-0.05, 0) is 55.5 Å². The number of anilines is 2. The zero-order chi connectivity index (χ0) is 21.7. The molecule has 0 bridgehead atoms. The van der Waals surface area contributed by atoms with Gasteiger partial charge in [0.05, 0.1) is 21.3 Å². The summed E-state index contributed by atoms with van der Waals surface area (Å²) in [5.74, 6) is 0.0837. The molecule has 8 heteroatoms. The van der Waals surface area contributed by atoms with Crippen LogP contribution in [0.5, 0.6) is 5.75 Å². The van der Waals surface area contributed by atoms with Crippen LogP contribution < -0.4 is 14.4 Å². The topological polar surface area (TPSA) is 75.7 Å². The fourth-order valence-corrected chi connectivity index (χ4v) is 4.04. The van der Waals surface area contributed by atoms with E-state index in [0.717, 1.165) is 5.56 Å². The Bertz CT molecular complexity index is 1130. The number of hydrogen-bond donors (Lipinski definition) is 1. The van der Waals surface area contributed by atoms with Gasteiger partial charge >= 0.3 is 0 Å². The van der Waals surface area contributed by atoms with E-state index in [0.29, 0.717) is 22.1 Å². The maximum absolute atomic E-state index is 12.8. The Labute approximate surface area is 181 Å². The molecule has 0 aliphatic heterocycles. The molecule has 1 amide bonds. The average Bonchev–Trinajstić information content (AvgIpc) is 2.74. The predicted molar refractivity (Wildman–Crippen MR) is 119 cm³/mol. The lowest BCUT2D eigenvalue weighted by Crippen LogP contribution is -2.26. The Balaban J connectivity index is 1.62. The van der Waals surface area contributed by atoms with Gasteiger partial charge in [0.25, 0.3) is 15.9 Å². The molecule has 0 spiro atoms. The number of nitrogens with one attached hydrogen (secondary N) is 1. The summed E-state index contributed by atoms with van der Waals surface area (Å²) in [6.45, 7) is 1.69. The highest BCUT2D eigenvalue weighted by molar-refractivity contribution is 7.92. The summed E-state index contributed by atoms with van der Waals surface area (Å²) >= 11 is 6.01. The zero-order valence-corrected chi connectivity index (χ0v) is 18.1. The van der Waals surface area contributed by atoms with E-state index < -0.39 is 10.0 Å². The summed E-state index contributed by atoms with van der Waals surface area (Å²) in [7, 11) is -2.18. The highest BCUT2D eigenvalue weighted by Crippen LogP contribution is 2.25. The second-order valence-electron chi connectivity index (χ2n) is 6.60. The van der Waals surface area contributed by atoms with Crippen molar-refractivity contribution in [3.63, 3.8) is 0 Å². The van der Waals surface area contributed by atoms with Crippen molar-refractivity contribution < 1.29 is 17.9 Å². The number of aryl methyl sites for hydroxylation is 1. The van der Waals surface area contributed by atoms with Gasteiger partial charge < -0.3 is 10.1 Å². The Morgan fingerprint density at radius 1 is 1.00 bits per heavy atom. The molecule has 156 valence electrons. The van der Waals surface area contributed by atoms with Gasteiger partial charge in [-0.1, -0.05) is 41.4 Å². The van der Waals surface area contributed by atoms with Gasteiger partial charge in [-0.3, -0.25) is 9.10 Å². The molecule has 0 saturated carbocycles. The van der Waals surface area contributed by atoms with Gasteiger partial charge in [0.15, 0.2) is 6.61 Å². The van der Waals surface area contributed by atoms with Gasteiger partial charge in [-0.2, -0.15) is 0 Å². The molecule has 6 nitrogen and oxygen atoms in total. The van der Waals surface area contributed by atoms with Gasteiger partial charge in [0.1, 0.15) is 5.75 Å². The summed E-state index contributed by atoms with van der Waals surface area (Å²) in [5.41, 5.74) is 1.96. The van der Waals surface area contributed by atoms with Crippen molar-refractivity contribution in [1.82, 2.24) is 0 Å². The normalized spacial score (nSPS) is 11.0. The quantitative estimate of drug-likeness (QED) is 0.582. The largest absolute Gasteiger partial charge is 0.484 e. The number of benzene rings is 3. The maximum Gasteiger partial charge on any atom is 0.264 e. The highest BCUT2D eigenvalue weighted by Gasteiger charge is 2.21. The SMILES string of the molecule is Cc1ccc(S(=O)(=O)N(C)c2ccc(OCC(=O)Nc3ccccc3Cl)cc2)cc1. The minimum Gasteiger partial charge on any atom is -0.484 e. The molecule has 0 fully saturated rings. The van der Waals surface area contributed by atoms with Crippen LogP contribution in [0.2, 0.25) is 5.02 Å². The van der Waals surface area contributed by atoms with Gasteiger partial charge in [0, 0.05) is 7.05 Å². The molecule has 0 aliphatic rings. The number of halogens is 1. The summed E-state index contributed by atoms with van der Waals surface area (Å²) in [6, 6.07) is 20.0. The third-order valence-electron chi connectivity index (χ3n) is 4.40. The number of ether oxygens (including phenoxy) is 1. The van der Waals surface area contributed by atoms with Gasteiger partial charge in [0.2, 0.25) is 0 Å². The summed E-state index contributed by atoms with van der Waals surface area (Å²) in [4.78, 5) is 12.3. The second-order valence-corrected chi connectivity index (χ2v) is 8.97. The van der Waals surface area contributed by atoms with E-state index in [1.54, 1.807) is 72.8 Å². The molecule has 1 N–H and O–H groups in total. The number of nitrogens with zero attached hydrogens (tertiary/aromatic N) is 1. The molecule has 3 aromatic carbocycles. The van der Waals surface area contributed by atoms with Crippen LogP contribution in [0.4, 0.5) is 11.4 Å². The number of hydrogen-bond acceptors (Lipinski definition) is 4. The van der Waals surface area contributed by atoms with Gasteiger partial charge in [-0.15, -0.1) is 0 Å². The first-order valence-corrected chi connectivity index (χ1v) is 10.9. The molecule has 3 rings (SSSR count). The number of carbonyl (C=O) groups excluding carboxylic acids is 1. The molecule has 0 saturated heterocycles. The standard InChI is InChI=1S/C22H21ClN2O4S/c1-16-7-13-19(14-8-16)30(27,28)25(2)17-9-11-18(12-10-17)29-15-22(26)24-21-6-4-3-5-20(21)23/h3-14H,15H2,1-2H3,(H,24,26). The fourth-order valence-electron chi connectivity index (χ4n) is 2.66. The zero-order valence-electron chi connectivity index (χ0n) is 16.5. The highest BCUT2D eigenvalue weighted by atomic mass is 35.5. The van der Waals surface area contributed by atoms with E-state index in [1.807, 2.05) is 6.92 Å². The van der Waals surface area contributed by atoms with Crippen molar-refractivity contribution in [2.75, 3.05) is 23.3 Å². The lowest BCUT2D eigenvalue weighted by Gasteiger charge is -2.20. The summed E-state index contributed by atoms with van der Waals surface area (Å²) < 4.78 is 32.2. The van der Waals surface area contributed by atoms with Crippen molar-refractivity contribution in [3.05, 3.63) is 83.4 Å². The molecule has 0 heterocycles. The average molecular weight is 445 g/mol. The van der Waals surface area contributed by atoms with E-state index in [-0.39, 0.29) is 17.4 Å². The third kappa shape index (κ3) is 5.11. The molecular formula is C22H21ClN2O4S. The van der Waals surface area contributed by atoms with Crippen LogP contribution in [-0.4, -0.2) is 28.0 Å². The Hall–Kier alpha value is -3.03. The molecule has 0 unspecified atom stereocenters. The predicted octanol–water partition coefficient (Wildman–Crippen LogP) is 4.49. The molecule has 0 atom stereocenters. The van der Waals surface area contributed by atoms with Gasteiger partial charge in [-0.25, -0.2) is 8.42 Å². The van der Waals surface area contributed by atoms with Crippen LogP contribution >= 0.6 is 11.6 Å². The number of rotatable bonds is 7. The second kappa shape index (κ2) is 9.19. The third-order valence-corrected chi connectivity index (χ3v) is 6.53. The summed E-state index contributed by atoms with van der Waals surface area (Å²) in [5, 5.41) is 3.11.